The highest BCUT2D eigenvalue weighted by Gasteiger charge is 2.25. The summed E-state index contributed by atoms with van der Waals surface area (Å²) in [4.78, 5) is 10.5. The second-order valence-corrected chi connectivity index (χ2v) is 4.61. The molecular weight excluding hydrogens is 276 g/mol. The van der Waals surface area contributed by atoms with Gasteiger partial charge in [-0.3, -0.25) is 0 Å². The fourth-order valence-electron chi connectivity index (χ4n) is 1.68. The van der Waals surface area contributed by atoms with Gasteiger partial charge in [0.2, 0.25) is 0 Å². The van der Waals surface area contributed by atoms with Crippen molar-refractivity contribution in [3.05, 3.63) is 11.2 Å². The number of hydrogen-bond acceptors (Lipinski definition) is 6. The first-order chi connectivity index (χ1) is 8.61. The first-order valence-electron chi connectivity index (χ1n) is 5.34. The quantitative estimate of drug-likeness (QED) is 0.818. The van der Waals surface area contributed by atoms with E-state index in [9.17, 15) is 0 Å². The average molecular weight is 289 g/mol. The summed E-state index contributed by atoms with van der Waals surface area (Å²) in [5.74, 6) is 0.605. The normalized spacial score (nSPS) is 19.7. The number of halogens is 1. The van der Waals surface area contributed by atoms with Crippen LogP contribution in [0.3, 0.4) is 0 Å². The minimum Gasteiger partial charge on any atom is -0.467 e. The molecule has 2 heterocycles. The van der Waals surface area contributed by atoms with Gasteiger partial charge in [-0.15, -0.1) is 0 Å². The summed E-state index contributed by atoms with van der Waals surface area (Å²) in [6.07, 6.45) is 1.22. The van der Waals surface area contributed by atoms with E-state index in [1.807, 2.05) is 4.90 Å². The lowest BCUT2D eigenvalue weighted by atomic mass is 10.2. The van der Waals surface area contributed by atoms with E-state index in [1.165, 1.54) is 13.3 Å². The summed E-state index contributed by atoms with van der Waals surface area (Å²) in [7, 11) is 1.50. The molecule has 1 atom stereocenters. The molecule has 1 fully saturated rings. The molecule has 1 saturated heterocycles. The summed E-state index contributed by atoms with van der Waals surface area (Å²) >= 11 is 11.0. The number of aromatic nitrogens is 2. The molecule has 1 aromatic heterocycles. The second-order valence-electron chi connectivity index (χ2n) is 3.74. The Morgan fingerprint density at radius 3 is 3.17 bits per heavy atom. The molecule has 0 radical (unpaired) electrons. The van der Waals surface area contributed by atoms with Crippen LogP contribution in [-0.4, -0.2) is 47.9 Å². The monoisotopic (exact) mass is 288 g/mol. The Morgan fingerprint density at radius 2 is 2.50 bits per heavy atom. The van der Waals surface area contributed by atoms with Gasteiger partial charge in [0.15, 0.2) is 5.82 Å². The highest BCUT2D eigenvalue weighted by atomic mass is 35.5. The minimum atomic E-state index is -0.286. The predicted octanol–water partition coefficient (Wildman–Crippen LogP) is 0.630. The van der Waals surface area contributed by atoms with Gasteiger partial charge in [0.1, 0.15) is 16.1 Å². The topological polar surface area (TPSA) is 73.5 Å². The lowest BCUT2D eigenvalue weighted by molar-refractivity contribution is 0.0843. The number of morpholine rings is 1. The lowest BCUT2D eigenvalue weighted by Crippen LogP contribution is -2.48. The third-order valence-corrected chi connectivity index (χ3v) is 3.10. The van der Waals surface area contributed by atoms with Crippen LogP contribution in [0, 0.1) is 0 Å². The molecule has 2 N–H and O–H groups in total. The zero-order valence-electron chi connectivity index (χ0n) is 9.80. The van der Waals surface area contributed by atoms with Gasteiger partial charge < -0.3 is 20.1 Å². The van der Waals surface area contributed by atoms with Crippen LogP contribution in [0.1, 0.15) is 0 Å². The van der Waals surface area contributed by atoms with Crippen molar-refractivity contribution < 1.29 is 9.47 Å². The van der Waals surface area contributed by atoms with Crippen LogP contribution in [0.15, 0.2) is 6.20 Å². The number of anilines is 1. The van der Waals surface area contributed by atoms with Gasteiger partial charge in [0, 0.05) is 6.54 Å². The van der Waals surface area contributed by atoms with E-state index in [0.29, 0.717) is 35.5 Å². The number of nitrogens with two attached hydrogens (primary N) is 1. The molecule has 98 valence electrons. The van der Waals surface area contributed by atoms with Crippen LogP contribution >= 0.6 is 23.8 Å². The Kier molecular flexibility index (Phi) is 4.15. The highest BCUT2D eigenvalue weighted by Crippen LogP contribution is 2.25. The van der Waals surface area contributed by atoms with Gasteiger partial charge in [0.25, 0.3) is 0 Å². The van der Waals surface area contributed by atoms with Crippen LogP contribution < -0.4 is 15.4 Å². The molecule has 0 saturated carbocycles. The molecule has 1 aliphatic heterocycles. The molecule has 1 unspecified atom stereocenters. The molecule has 0 amide bonds. The van der Waals surface area contributed by atoms with E-state index in [1.54, 1.807) is 0 Å². The summed E-state index contributed by atoms with van der Waals surface area (Å²) in [6, 6.07) is 0.271. The van der Waals surface area contributed by atoms with Crippen molar-refractivity contribution in [3.63, 3.8) is 0 Å². The van der Waals surface area contributed by atoms with E-state index < -0.39 is 0 Å². The molecule has 18 heavy (non-hydrogen) atoms. The molecule has 0 aliphatic carbocycles. The van der Waals surface area contributed by atoms with Crippen molar-refractivity contribution in [1.82, 2.24) is 9.97 Å². The van der Waals surface area contributed by atoms with Crippen molar-refractivity contribution >= 4 is 34.6 Å². The summed E-state index contributed by atoms with van der Waals surface area (Å²) < 4.78 is 10.4. The lowest BCUT2D eigenvalue weighted by Gasteiger charge is -2.33. The van der Waals surface area contributed by atoms with Gasteiger partial charge in [-0.25, -0.2) is 4.98 Å². The first kappa shape index (κ1) is 13.3. The number of rotatable bonds is 3. The molecule has 8 heteroatoms. The van der Waals surface area contributed by atoms with Crippen molar-refractivity contribution in [2.75, 3.05) is 31.7 Å². The Morgan fingerprint density at radius 1 is 1.72 bits per heavy atom. The molecule has 6 nitrogen and oxygen atoms in total. The fraction of sp³-hybridized carbons (Fsp3) is 0.500. The van der Waals surface area contributed by atoms with Crippen LogP contribution in [-0.2, 0) is 4.74 Å². The third-order valence-electron chi connectivity index (χ3n) is 2.57. The number of nitrogens with zero attached hydrogens (tertiary/aromatic N) is 3. The zero-order valence-corrected chi connectivity index (χ0v) is 11.4. The molecule has 0 spiro atoms. The number of thiocarbonyl (C=S) groups is 1. The standard InChI is InChI=1S/C10H13ClN4O2S/c1-16-10-13-4-6(11)9(14-10)15-2-3-17-7(5-15)8(12)18/h4,7H,2-3,5H2,1H3,(H2,12,18). The highest BCUT2D eigenvalue weighted by molar-refractivity contribution is 7.80. The Hall–Kier alpha value is -1.18. The van der Waals surface area contributed by atoms with Gasteiger partial charge in [0.05, 0.1) is 26.5 Å². The first-order valence-corrected chi connectivity index (χ1v) is 6.13. The maximum atomic E-state index is 6.09. The maximum absolute atomic E-state index is 6.09. The number of ether oxygens (including phenoxy) is 2. The van der Waals surface area contributed by atoms with Crippen molar-refractivity contribution in [2.24, 2.45) is 5.73 Å². The summed E-state index contributed by atoms with van der Waals surface area (Å²) in [5.41, 5.74) is 5.59. The number of methoxy groups -OCH3 is 1. The SMILES string of the molecule is COc1ncc(Cl)c(N2CCOC(C(N)=S)C2)n1. The van der Waals surface area contributed by atoms with E-state index in [0.717, 1.165) is 0 Å². The third kappa shape index (κ3) is 2.80. The minimum absolute atomic E-state index is 0.271. The molecule has 2 rings (SSSR count). The van der Waals surface area contributed by atoms with Crippen molar-refractivity contribution in [1.29, 1.82) is 0 Å². The van der Waals surface area contributed by atoms with Crippen molar-refractivity contribution in [3.8, 4) is 6.01 Å². The summed E-state index contributed by atoms with van der Waals surface area (Å²) in [6.45, 7) is 1.71. The molecular formula is C10H13ClN4O2S. The smallest absolute Gasteiger partial charge is 0.318 e. The van der Waals surface area contributed by atoms with Gasteiger partial charge in [-0.2, -0.15) is 4.98 Å². The summed E-state index contributed by atoms with van der Waals surface area (Å²) in [5, 5.41) is 0.458. The maximum Gasteiger partial charge on any atom is 0.318 e. The Bertz CT molecular complexity index is 460. The Balaban J connectivity index is 2.22. The van der Waals surface area contributed by atoms with Gasteiger partial charge in [-0.05, 0) is 0 Å². The fourth-order valence-corrected chi connectivity index (χ4v) is 2.03. The zero-order chi connectivity index (χ0) is 13.1. The second kappa shape index (κ2) is 5.64. The van der Waals surface area contributed by atoms with E-state index in [4.69, 9.17) is 39.0 Å². The van der Waals surface area contributed by atoms with Crippen molar-refractivity contribution in [2.45, 2.75) is 6.10 Å². The van der Waals surface area contributed by atoms with Gasteiger partial charge in [-0.1, -0.05) is 23.8 Å². The molecule has 1 aliphatic rings. The molecule has 0 bridgehead atoms. The van der Waals surface area contributed by atoms with E-state index >= 15 is 0 Å². The van der Waals surface area contributed by atoms with E-state index in [2.05, 4.69) is 9.97 Å². The number of hydrogen-bond donors (Lipinski definition) is 1. The average Bonchev–Trinajstić information content (AvgIpc) is 2.39. The van der Waals surface area contributed by atoms with Gasteiger partial charge >= 0.3 is 6.01 Å². The largest absolute Gasteiger partial charge is 0.467 e. The Labute approximate surface area is 115 Å². The van der Waals surface area contributed by atoms with Crippen LogP contribution in [0.2, 0.25) is 5.02 Å². The van der Waals surface area contributed by atoms with Crippen LogP contribution in [0.4, 0.5) is 5.82 Å². The molecule has 1 aromatic rings. The van der Waals surface area contributed by atoms with Crippen LogP contribution in [0.25, 0.3) is 0 Å². The van der Waals surface area contributed by atoms with E-state index in [-0.39, 0.29) is 12.1 Å². The van der Waals surface area contributed by atoms with Crippen LogP contribution in [0.5, 0.6) is 6.01 Å². The predicted molar refractivity (Wildman–Crippen MR) is 72.3 cm³/mol. The molecule has 0 aromatic carbocycles.